The Kier molecular flexibility index (Phi) is 9.45. The van der Waals surface area contributed by atoms with Crippen LogP contribution in [0.1, 0.15) is 18.9 Å². The third-order valence-corrected chi connectivity index (χ3v) is 2.18. The standard InChI is InChI=1S/C12H12.C5H8O2/c1-2-3-4-6-9-12-10-7-5-8-11-12;1-3-4(2)5(6)7/h2-11H,1H2;2-3H2,1H3,(H,6,7). The first-order valence-corrected chi connectivity index (χ1v) is 6.03. The largest absolute Gasteiger partial charge is 0.478 e. The highest BCUT2D eigenvalue weighted by molar-refractivity contribution is 5.85. The van der Waals surface area contributed by atoms with Crippen LogP contribution < -0.4 is 0 Å². The van der Waals surface area contributed by atoms with Gasteiger partial charge in [-0.15, -0.1) is 0 Å². The lowest BCUT2D eigenvalue weighted by Gasteiger charge is -1.87. The molecule has 0 saturated heterocycles. The zero-order chi connectivity index (χ0) is 14.5. The summed E-state index contributed by atoms with van der Waals surface area (Å²) in [6.45, 7) is 8.62. The van der Waals surface area contributed by atoms with Gasteiger partial charge in [0.25, 0.3) is 0 Å². The van der Waals surface area contributed by atoms with E-state index in [-0.39, 0.29) is 5.57 Å². The number of benzene rings is 1. The summed E-state index contributed by atoms with van der Waals surface area (Å²) >= 11 is 0. The lowest BCUT2D eigenvalue weighted by Crippen LogP contribution is -1.95. The maximum atomic E-state index is 9.83. The zero-order valence-electron chi connectivity index (χ0n) is 11.3. The molecule has 0 atom stereocenters. The molecule has 0 aliphatic heterocycles. The van der Waals surface area contributed by atoms with Crippen molar-refractivity contribution in [2.45, 2.75) is 13.3 Å². The molecule has 1 rings (SSSR count). The fourth-order valence-electron chi connectivity index (χ4n) is 1.02. The fourth-order valence-corrected chi connectivity index (χ4v) is 1.02. The first-order valence-electron chi connectivity index (χ1n) is 6.03. The number of hydrogen-bond donors (Lipinski definition) is 1. The predicted molar refractivity (Wildman–Crippen MR) is 81.9 cm³/mol. The van der Waals surface area contributed by atoms with Gasteiger partial charge in [-0.2, -0.15) is 0 Å². The predicted octanol–water partition coefficient (Wildman–Crippen LogP) is 4.48. The lowest BCUT2D eigenvalue weighted by molar-refractivity contribution is -0.132. The molecule has 1 N–H and O–H groups in total. The van der Waals surface area contributed by atoms with Crippen molar-refractivity contribution in [3.63, 3.8) is 0 Å². The summed E-state index contributed by atoms with van der Waals surface area (Å²) in [5.41, 5.74) is 1.48. The monoisotopic (exact) mass is 256 g/mol. The Balaban J connectivity index is 0.000000399. The number of hydrogen-bond acceptors (Lipinski definition) is 1. The molecule has 0 unspecified atom stereocenters. The quantitative estimate of drug-likeness (QED) is 0.623. The van der Waals surface area contributed by atoms with Gasteiger partial charge < -0.3 is 5.11 Å². The van der Waals surface area contributed by atoms with Gasteiger partial charge in [-0.1, -0.05) is 80.8 Å². The van der Waals surface area contributed by atoms with E-state index >= 15 is 0 Å². The molecule has 0 aliphatic carbocycles. The van der Waals surface area contributed by atoms with Crippen LogP contribution in [-0.2, 0) is 4.79 Å². The molecule has 1 aromatic rings. The Morgan fingerprint density at radius 1 is 1.21 bits per heavy atom. The molecule has 0 aliphatic rings. The highest BCUT2D eigenvalue weighted by Crippen LogP contribution is 2.00. The first-order chi connectivity index (χ1) is 9.11. The number of carbonyl (C=O) groups is 1. The van der Waals surface area contributed by atoms with Crippen molar-refractivity contribution in [2.75, 3.05) is 0 Å². The van der Waals surface area contributed by atoms with Crippen LogP contribution in [0.4, 0.5) is 0 Å². The topological polar surface area (TPSA) is 37.3 Å². The fraction of sp³-hybridized carbons (Fsp3) is 0.118. The minimum absolute atomic E-state index is 0.264. The summed E-state index contributed by atoms with van der Waals surface area (Å²) in [7, 11) is 0. The van der Waals surface area contributed by atoms with Crippen LogP contribution in [0.25, 0.3) is 6.08 Å². The number of carboxylic acids is 1. The van der Waals surface area contributed by atoms with Gasteiger partial charge in [0.2, 0.25) is 0 Å². The average molecular weight is 256 g/mol. The van der Waals surface area contributed by atoms with Gasteiger partial charge in [-0.25, -0.2) is 4.79 Å². The highest BCUT2D eigenvalue weighted by atomic mass is 16.4. The molecule has 0 bridgehead atoms. The van der Waals surface area contributed by atoms with E-state index in [1.807, 2.05) is 36.4 Å². The molecule has 0 spiro atoms. The first kappa shape index (κ1) is 16.7. The van der Waals surface area contributed by atoms with Crippen LogP contribution in [-0.4, -0.2) is 11.1 Å². The SMILES string of the molecule is C=C(CC)C(=O)O.C=CC=CC=Cc1ccccc1. The average Bonchev–Trinajstić information content (AvgIpc) is 2.44. The third-order valence-electron chi connectivity index (χ3n) is 2.18. The Hall–Kier alpha value is -2.35. The summed E-state index contributed by atoms with van der Waals surface area (Å²) in [6.07, 6.45) is 10.2. The molecule has 0 radical (unpaired) electrons. The molecule has 1 aromatic carbocycles. The molecular weight excluding hydrogens is 236 g/mol. The van der Waals surface area contributed by atoms with E-state index in [1.165, 1.54) is 5.56 Å². The summed E-state index contributed by atoms with van der Waals surface area (Å²) in [6, 6.07) is 10.2. The van der Waals surface area contributed by atoms with Crippen molar-refractivity contribution in [1.82, 2.24) is 0 Å². The van der Waals surface area contributed by atoms with Crippen LogP contribution in [0.3, 0.4) is 0 Å². The second kappa shape index (κ2) is 10.8. The van der Waals surface area contributed by atoms with Crippen molar-refractivity contribution < 1.29 is 9.90 Å². The van der Waals surface area contributed by atoms with Crippen LogP contribution in [0.2, 0.25) is 0 Å². The van der Waals surface area contributed by atoms with Gasteiger partial charge in [0.1, 0.15) is 0 Å². The number of carboxylic acid groups (broad SMARTS) is 1. The van der Waals surface area contributed by atoms with E-state index in [0.29, 0.717) is 6.42 Å². The summed E-state index contributed by atoms with van der Waals surface area (Å²) < 4.78 is 0. The Morgan fingerprint density at radius 3 is 2.26 bits per heavy atom. The molecule has 2 heteroatoms. The van der Waals surface area contributed by atoms with Gasteiger partial charge in [0.05, 0.1) is 0 Å². The second-order valence-corrected chi connectivity index (χ2v) is 3.65. The van der Waals surface area contributed by atoms with E-state index in [0.717, 1.165) is 0 Å². The Morgan fingerprint density at radius 2 is 1.84 bits per heavy atom. The summed E-state index contributed by atoms with van der Waals surface area (Å²) in [4.78, 5) is 9.83. The number of aliphatic carboxylic acids is 1. The maximum absolute atomic E-state index is 9.83. The minimum atomic E-state index is -0.900. The van der Waals surface area contributed by atoms with Gasteiger partial charge in [-0.3, -0.25) is 0 Å². The van der Waals surface area contributed by atoms with E-state index in [4.69, 9.17) is 5.11 Å². The van der Waals surface area contributed by atoms with E-state index in [9.17, 15) is 4.79 Å². The molecule has 2 nitrogen and oxygen atoms in total. The van der Waals surface area contributed by atoms with Gasteiger partial charge in [0.15, 0.2) is 0 Å². The third kappa shape index (κ3) is 9.36. The van der Waals surface area contributed by atoms with Crippen molar-refractivity contribution in [2.24, 2.45) is 0 Å². The van der Waals surface area contributed by atoms with E-state index in [2.05, 4.69) is 31.4 Å². The Labute approximate surface area is 115 Å². The van der Waals surface area contributed by atoms with Gasteiger partial charge >= 0.3 is 5.97 Å². The summed E-state index contributed by atoms with van der Waals surface area (Å²) in [5.74, 6) is -0.900. The van der Waals surface area contributed by atoms with Crippen molar-refractivity contribution in [3.8, 4) is 0 Å². The van der Waals surface area contributed by atoms with Crippen molar-refractivity contribution in [3.05, 3.63) is 78.9 Å². The van der Waals surface area contributed by atoms with Gasteiger partial charge in [-0.05, 0) is 12.0 Å². The van der Waals surface area contributed by atoms with Crippen LogP contribution in [0.15, 0.2) is 73.4 Å². The van der Waals surface area contributed by atoms with Crippen molar-refractivity contribution in [1.29, 1.82) is 0 Å². The lowest BCUT2D eigenvalue weighted by atomic mass is 10.2. The molecule has 0 amide bonds. The highest BCUT2D eigenvalue weighted by Gasteiger charge is 1.96. The van der Waals surface area contributed by atoms with Crippen LogP contribution >= 0.6 is 0 Å². The van der Waals surface area contributed by atoms with Gasteiger partial charge in [0, 0.05) is 5.57 Å². The van der Waals surface area contributed by atoms with Crippen LogP contribution in [0, 0.1) is 0 Å². The van der Waals surface area contributed by atoms with E-state index in [1.54, 1.807) is 13.0 Å². The zero-order valence-corrected chi connectivity index (χ0v) is 11.3. The normalized spacial score (nSPS) is 9.95. The molecule has 100 valence electrons. The number of rotatable bonds is 5. The molecular formula is C17H20O2. The smallest absolute Gasteiger partial charge is 0.330 e. The maximum Gasteiger partial charge on any atom is 0.330 e. The minimum Gasteiger partial charge on any atom is -0.478 e. The molecule has 0 saturated carbocycles. The summed E-state index contributed by atoms with van der Waals surface area (Å²) in [5, 5.41) is 8.08. The molecule has 19 heavy (non-hydrogen) atoms. The number of allylic oxidation sites excluding steroid dienone is 4. The van der Waals surface area contributed by atoms with Crippen molar-refractivity contribution >= 4 is 12.0 Å². The van der Waals surface area contributed by atoms with Crippen LogP contribution in [0.5, 0.6) is 0 Å². The molecule has 0 heterocycles. The molecule has 0 aromatic heterocycles. The van der Waals surface area contributed by atoms with E-state index < -0.39 is 5.97 Å². The second-order valence-electron chi connectivity index (χ2n) is 3.65. The molecule has 0 fully saturated rings. The Bertz CT molecular complexity index is 453.